The molecule has 0 aliphatic heterocycles. The van der Waals surface area contributed by atoms with Crippen LogP contribution in [0, 0.1) is 11.3 Å². The average molecular weight is 384 g/mol. The molecule has 2 aromatic carbocycles. The average Bonchev–Trinajstić information content (AvgIpc) is 2.55. The summed E-state index contributed by atoms with van der Waals surface area (Å²) >= 11 is 3.35. The van der Waals surface area contributed by atoms with E-state index in [1.807, 2.05) is 30.3 Å². The SMILES string of the molecule is CC(=O)c1cccc(NC(=O)/C(C#N)=C\Nc2cccc(Br)c2)c1. The van der Waals surface area contributed by atoms with Crippen LogP contribution >= 0.6 is 15.9 Å². The summed E-state index contributed by atoms with van der Waals surface area (Å²) in [4.78, 5) is 23.5. The van der Waals surface area contributed by atoms with Crippen LogP contribution in [-0.2, 0) is 4.79 Å². The highest BCUT2D eigenvalue weighted by molar-refractivity contribution is 9.10. The zero-order chi connectivity index (χ0) is 17.5. The highest BCUT2D eigenvalue weighted by Gasteiger charge is 2.10. The van der Waals surface area contributed by atoms with Gasteiger partial charge in [-0.2, -0.15) is 5.26 Å². The Bertz CT molecular complexity index is 853. The zero-order valence-electron chi connectivity index (χ0n) is 12.8. The van der Waals surface area contributed by atoms with Crippen molar-refractivity contribution in [1.29, 1.82) is 5.26 Å². The molecule has 0 unspecified atom stereocenters. The topological polar surface area (TPSA) is 82.0 Å². The molecule has 1 amide bonds. The minimum atomic E-state index is -0.555. The standard InChI is InChI=1S/C18H14BrN3O2/c1-12(23)13-4-2-7-17(8-13)22-18(24)14(10-20)11-21-16-6-3-5-15(19)9-16/h2-9,11,21H,1H3,(H,22,24)/b14-11-. The number of Topliss-reactive ketones (excluding diaryl/α,β-unsaturated/α-hetero) is 1. The van der Waals surface area contributed by atoms with Crippen LogP contribution in [0.25, 0.3) is 0 Å². The number of carbonyl (C=O) groups is 2. The lowest BCUT2D eigenvalue weighted by atomic mass is 10.1. The van der Waals surface area contributed by atoms with Gasteiger partial charge in [0.15, 0.2) is 5.78 Å². The monoisotopic (exact) mass is 383 g/mol. The van der Waals surface area contributed by atoms with E-state index in [2.05, 4.69) is 26.6 Å². The summed E-state index contributed by atoms with van der Waals surface area (Å²) in [6.45, 7) is 1.45. The Labute approximate surface area is 148 Å². The molecule has 0 saturated carbocycles. The second-order valence-electron chi connectivity index (χ2n) is 4.92. The number of carbonyl (C=O) groups excluding carboxylic acids is 2. The van der Waals surface area contributed by atoms with Gasteiger partial charge in [0.05, 0.1) is 0 Å². The van der Waals surface area contributed by atoms with Crippen molar-refractivity contribution in [3.8, 4) is 6.07 Å². The number of halogens is 1. The van der Waals surface area contributed by atoms with E-state index in [0.29, 0.717) is 11.3 Å². The molecular weight excluding hydrogens is 370 g/mol. The minimum Gasteiger partial charge on any atom is -0.360 e. The molecule has 0 bridgehead atoms. The lowest BCUT2D eigenvalue weighted by Crippen LogP contribution is -2.14. The Morgan fingerprint density at radius 1 is 1.12 bits per heavy atom. The third-order valence-electron chi connectivity index (χ3n) is 3.10. The van der Waals surface area contributed by atoms with Crippen LogP contribution in [0.15, 0.2) is 64.8 Å². The first-order chi connectivity index (χ1) is 11.5. The summed E-state index contributed by atoms with van der Waals surface area (Å²) in [7, 11) is 0. The second-order valence-corrected chi connectivity index (χ2v) is 5.83. The van der Waals surface area contributed by atoms with Crippen molar-refractivity contribution in [3.63, 3.8) is 0 Å². The van der Waals surface area contributed by atoms with E-state index < -0.39 is 5.91 Å². The van der Waals surface area contributed by atoms with Crippen molar-refractivity contribution in [2.24, 2.45) is 0 Å². The van der Waals surface area contributed by atoms with Gasteiger partial charge in [-0.3, -0.25) is 9.59 Å². The number of benzene rings is 2. The number of ketones is 1. The second kappa shape index (κ2) is 8.09. The van der Waals surface area contributed by atoms with Gasteiger partial charge in [-0.15, -0.1) is 0 Å². The van der Waals surface area contributed by atoms with Crippen LogP contribution in [0.5, 0.6) is 0 Å². The fourth-order valence-electron chi connectivity index (χ4n) is 1.90. The van der Waals surface area contributed by atoms with E-state index in [9.17, 15) is 9.59 Å². The molecule has 6 heteroatoms. The van der Waals surface area contributed by atoms with Crippen LogP contribution in [0.2, 0.25) is 0 Å². The van der Waals surface area contributed by atoms with E-state index >= 15 is 0 Å². The Morgan fingerprint density at radius 3 is 2.50 bits per heavy atom. The summed E-state index contributed by atoms with van der Waals surface area (Å²) in [6, 6.07) is 15.7. The predicted molar refractivity (Wildman–Crippen MR) is 96.5 cm³/mol. The maximum absolute atomic E-state index is 12.2. The molecule has 5 nitrogen and oxygen atoms in total. The molecule has 0 aromatic heterocycles. The normalized spacial score (nSPS) is 10.6. The molecule has 0 heterocycles. The molecule has 0 spiro atoms. The first kappa shape index (κ1) is 17.4. The molecule has 2 rings (SSSR count). The number of nitrogens with one attached hydrogen (secondary N) is 2. The molecule has 2 aromatic rings. The van der Waals surface area contributed by atoms with E-state index in [4.69, 9.17) is 5.26 Å². The smallest absolute Gasteiger partial charge is 0.267 e. The summed E-state index contributed by atoms with van der Waals surface area (Å²) in [5.41, 5.74) is 1.60. The van der Waals surface area contributed by atoms with Gasteiger partial charge in [0.1, 0.15) is 11.6 Å². The Balaban J connectivity index is 2.11. The highest BCUT2D eigenvalue weighted by atomic mass is 79.9. The summed E-state index contributed by atoms with van der Waals surface area (Å²) < 4.78 is 0.880. The van der Waals surface area contributed by atoms with Gasteiger partial charge < -0.3 is 10.6 Å². The van der Waals surface area contributed by atoms with E-state index in [0.717, 1.165) is 10.2 Å². The quantitative estimate of drug-likeness (QED) is 0.462. The predicted octanol–water partition coefficient (Wildman–Crippen LogP) is 4.11. The number of amides is 1. The van der Waals surface area contributed by atoms with Gasteiger partial charge in [-0.05, 0) is 37.3 Å². The summed E-state index contributed by atoms with van der Waals surface area (Å²) in [5.74, 6) is -0.654. The number of nitriles is 1. The van der Waals surface area contributed by atoms with Gasteiger partial charge in [0.25, 0.3) is 5.91 Å². The lowest BCUT2D eigenvalue weighted by molar-refractivity contribution is -0.112. The van der Waals surface area contributed by atoms with Crippen molar-refractivity contribution >= 4 is 39.0 Å². The van der Waals surface area contributed by atoms with Crippen LogP contribution in [0.4, 0.5) is 11.4 Å². The third kappa shape index (κ3) is 4.80. The molecule has 0 aliphatic carbocycles. The zero-order valence-corrected chi connectivity index (χ0v) is 14.4. The largest absolute Gasteiger partial charge is 0.360 e. The van der Waals surface area contributed by atoms with Crippen molar-refractivity contribution in [1.82, 2.24) is 0 Å². The molecule has 2 N–H and O–H groups in total. The van der Waals surface area contributed by atoms with Gasteiger partial charge in [0, 0.05) is 27.6 Å². The lowest BCUT2D eigenvalue weighted by Gasteiger charge is -2.06. The van der Waals surface area contributed by atoms with Crippen LogP contribution in [-0.4, -0.2) is 11.7 Å². The molecule has 0 saturated heterocycles. The first-order valence-corrected chi connectivity index (χ1v) is 7.83. The molecule has 0 atom stereocenters. The number of nitrogens with zero attached hydrogens (tertiary/aromatic N) is 1. The van der Waals surface area contributed by atoms with Gasteiger partial charge in [-0.25, -0.2) is 0 Å². The van der Waals surface area contributed by atoms with E-state index in [1.54, 1.807) is 24.3 Å². The molecular formula is C18H14BrN3O2. The van der Waals surface area contributed by atoms with Crippen molar-refractivity contribution in [3.05, 3.63) is 70.3 Å². The minimum absolute atomic E-state index is 0.0804. The number of hydrogen-bond donors (Lipinski definition) is 2. The summed E-state index contributed by atoms with van der Waals surface area (Å²) in [6.07, 6.45) is 1.34. The van der Waals surface area contributed by atoms with Crippen molar-refractivity contribution in [2.75, 3.05) is 10.6 Å². The Morgan fingerprint density at radius 2 is 1.83 bits per heavy atom. The van der Waals surface area contributed by atoms with Crippen molar-refractivity contribution in [2.45, 2.75) is 6.92 Å². The fourth-order valence-corrected chi connectivity index (χ4v) is 2.30. The molecule has 120 valence electrons. The Kier molecular flexibility index (Phi) is 5.88. The maximum atomic E-state index is 12.2. The fraction of sp³-hybridized carbons (Fsp3) is 0.0556. The van der Waals surface area contributed by atoms with Crippen LogP contribution in [0.1, 0.15) is 17.3 Å². The highest BCUT2D eigenvalue weighted by Crippen LogP contribution is 2.16. The molecule has 0 radical (unpaired) electrons. The molecule has 24 heavy (non-hydrogen) atoms. The number of rotatable bonds is 5. The number of hydrogen-bond acceptors (Lipinski definition) is 4. The summed E-state index contributed by atoms with van der Waals surface area (Å²) in [5, 5.41) is 14.7. The Hall–Kier alpha value is -2.91. The van der Waals surface area contributed by atoms with Gasteiger partial charge in [-0.1, -0.05) is 34.1 Å². The van der Waals surface area contributed by atoms with Crippen LogP contribution in [0.3, 0.4) is 0 Å². The van der Waals surface area contributed by atoms with E-state index in [1.165, 1.54) is 13.1 Å². The van der Waals surface area contributed by atoms with Gasteiger partial charge >= 0.3 is 0 Å². The van der Waals surface area contributed by atoms with Crippen molar-refractivity contribution < 1.29 is 9.59 Å². The van der Waals surface area contributed by atoms with Crippen LogP contribution < -0.4 is 10.6 Å². The van der Waals surface area contributed by atoms with Gasteiger partial charge in [0.2, 0.25) is 0 Å². The third-order valence-corrected chi connectivity index (χ3v) is 3.59. The maximum Gasteiger partial charge on any atom is 0.267 e. The number of anilines is 2. The van der Waals surface area contributed by atoms with E-state index in [-0.39, 0.29) is 11.4 Å². The first-order valence-electron chi connectivity index (χ1n) is 7.04. The molecule has 0 aliphatic rings. The molecule has 0 fully saturated rings.